The van der Waals surface area contributed by atoms with E-state index in [0.717, 1.165) is 17.2 Å². The number of hydrogen-bond donors (Lipinski definition) is 3. The summed E-state index contributed by atoms with van der Waals surface area (Å²) in [6.45, 7) is 5.74. The minimum Gasteiger partial charge on any atom is -0.394 e. The number of aromatic nitrogens is 2. The number of alkyl halides is 3. The Kier molecular flexibility index (Phi) is 6.42. The fourth-order valence-electron chi connectivity index (χ4n) is 2.35. The predicted molar refractivity (Wildman–Crippen MR) is 94.9 cm³/mol. The molecule has 0 bridgehead atoms. The molecule has 0 unspecified atom stereocenters. The molecule has 0 amide bonds. The maximum absolute atomic E-state index is 13.1. The van der Waals surface area contributed by atoms with Crippen molar-refractivity contribution < 1.29 is 18.3 Å². The first-order valence-electron chi connectivity index (χ1n) is 8.32. The molecular formula is C18H23F3N4O. The summed E-state index contributed by atoms with van der Waals surface area (Å²) in [5, 5.41) is 15.1. The summed E-state index contributed by atoms with van der Waals surface area (Å²) < 4.78 is 39.4. The Morgan fingerprint density at radius 3 is 2.46 bits per heavy atom. The molecule has 0 radical (unpaired) electrons. The number of nitrogens with one attached hydrogen (secondary N) is 2. The summed E-state index contributed by atoms with van der Waals surface area (Å²) in [5.74, 6) is -0.0991. The lowest BCUT2D eigenvalue weighted by atomic mass is 10.1. The first kappa shape index (κ1) is 20.0. The number of benzene rings is 1. The third-order valence-electron chi connectivity index (χ3n) is 3.89. The zero-order valence-corrected chi connectivity index (χ0v) is 14.9. The molecule has 5 nitrogen and oxygen atoms in total. The van der Waals surface area contributed by atoms with Crippen molar-refractivity contribution >= 4 is 11.8 Å². The van der Waals surface area contributed by atoms with Crippen LogP contribution in [0, 0.1) is 12.8 Å². The molecule has 0 saturated heterocycles. The Labute approximate surface area is 150 Å². The van der Waals surface area contributed by atoms with E-state index < -0.39 is 17.9 Å². The fourth-order valence-corrected chi connectivity index (χ4v) is 2.35. The van der Waals surface area contributed by atoms with E-state index in [-0.39, 0.29) is 24.3 Å². The van der Waals surface area contributed by atoms with E-state index in [9.17, 15) is 18.3 Å². The van der Waals surface area contributed by atoms with Crippen LogP contribution >= 0.6 is 0 Å². The number of nitrogens with zero attached hydrogens (tertiary/aromatic N) is 2. The molecule has 2 aromatic rings. The topological polar surface area (TPSA) is 70.1 Å². The number of anilines is 2. The van der Waals surface area contributed by atoms with Crippen molar-refractivity contribution in [3.63, 3.8) is 0 Å². The highest BCUT2D eigenvalue weighted by molar-refractivity contribution is 5.44. The second kappa shape index (κ2) is 8.35. The molecule has 0 spiro atoms. The Morgan fingerprint density at radius 1 is 1.15 bits per heavy atom. The Balaban J connectivity index is 2.25. The normalized spacial score (nSPS) is 12.9. The molecule has 0 fully saturated rings. The van der Waals surface area contributed by atoms with Gasteiger partial charge >= 0.3 is 6.18 Å². The van der Waals surface area contributed by atoms with Gasteiger partial charge in [-0.1, -0.05) is 43.7 Å². The molecule has 0 aliphatic heterocycles. The smallest absolute Gasteiger partial charge is 0.394 e. The van der Waals surface area contributed by atoms with Crippen LogP contribution in [0.2, 0.25) is 0 Å². The summed E-state index contributed by atoms with van der Waals surface area (Å²) in [6.07, 6.45) is -4.59. The summed E-state index contributed by atoms with van der Waals surface area (Å²) in [7, 11) is 0. The highest BCUT2D eigenvalue weighted by Gasteiger charge is 2.34. The summed E-state index contributed by atoms with van der Waals surface area (Å²) in [4.78, 5) is 7.66. The summed E-state index contributed by atoms with van der Waals surface area (Å²) in [5.41, 5.74) is 0.956. The minimum absolute atomic E-state index is 0.00171. The number of aryl methyl sites for hydroxylation is 1. The van der Waals surface area contributed by atoms with Crippen molar-refractivity contribution in [1.82, 2.24) is 9.97 Å². The third kappa shape index (κ3) is 5.59. The zero-order chi connectivity index (χ0) is 19.3. The zero-order valence-electron chi connectivity index (χ0n) is 14.9. The average molecular weight is 368 g/mol. The summed E-state index contributed by atoms with van der Waals surface area (Å²) >= 11 is 0. The van der Waals surface area contributed by atoms with Gasteiger partial charge in [0.2, 0.25) is 5.95 Å². The van der Waals surface area contributed by atoms with Gasteiger partial charge in [0.1, 0.15) is 5.82 Å². The highest BCUT2D eigenvalue weighted by Crippen LogP contribution is 2.30. The fraction of sp³-hybridized carbons (Fsp3) is 0.444. The number of hydrogen-bond acceptors (Lipinski definition) is 5. The van der Waals surface area contributed by atoms with Gasteiger partial charge in [-0.05, 0) is 18.4 Å². The number of halogens is 3. The van der Waals surface area contributed by atoms with Gasteiger partial charge < -0.3 is 15.7 Å². The van der Waals surface area contributed by atoms with E-state index >= 15 is 0 Å². The molecule has 26 heavy (non-hydrogen) atoms. The largest absolute Gasteiger partial charge is 0.433 e. The molecule has 0 saturated carbocycles. The molecule has 1 atom stereocenters. The van der Waals surface area contributed by atoms with E-state index in [4.69, 9.17) is 0 Å². The van der Waals surface area contributed by atoms with Gasteiger partial charge in [0.15, 0.2) is 5.69 Å². The molecule has 0 aliphatic carbocycles. The van der Waals surface area contributed by atoms with Gasteiger partial charge in [0, 0.05) is 12.6 Å². The maximum Gasteiger partial charge on any atom is 0.433 e. The van der Waals surface area contributed by atoms with E-state index in [1.807, 2.05) is 45.0 Å². The van der Waals surface area contributed by atoms with Crippen LogP contribution in [0.4, 0.5) is 24.9 Å². The number of aliphatic hydroxyl groups excluding tert-OH is 1. The van der Waals surface area contributed by atoms with Crippen LogP contribution in [0.25, 0.3) is 0 Å². The number of aliphatic hydroxyl groups is 1. The molecule has 1 aromatic heterocycles. The first-order valence-corrected chi connectivity index (χ1v) is 8.32. The van der Waals surface area contributed by atoms with E-state index in [1.165, 1.54) is 0 Å². The van der Waals surface area contributed by atoms with Gasteiger partial charge in [-0.25, -0.2) is 4.98 Å². The van der Waals surface area contributed by atoms with Crippen LogP contribution in [0.5, 0.6) is 0 Å². The van der Waals surface area contributed by atoms with Gasteiger partial charge in [-0.3, -0.25) is 0 Å². The predicted octanol–water partition coefficient (Wildman–Crippen LogP) is 3.84. The van der Waals surface area contributed by atoms with E-state index in [0.29, 0.717) is 6.54 Å². The van der Waals surface area contributed by atoms with Crippen LogP contribution in [-0.2, 0) is 12.7 Å². The molecular weight excluding hydrogens is 345 g/mol. The average Bonchev–Trinajstić information content (AvgIpc) is 2.57. The van der Waals surface area contributed by atoms with Gasteiger partial charge in [-0.2, -0.15) is 18.2 Å². The van der Waals surface area contributed by atoms with Crippen molar-refractivity contribution in [1.29, 1.82) is 0 Å². The second-order valence-electron chi connectivity index (χ2n) is 6.48. The lowest BCUT2D eigenvalue weighted by Gasteiger charge is -2.21. The third-order valence-corrected chi connectivity index (χ3v) is 3.89. The van der Waals surface area contributed by atoms with Crippen LogP contribution in [0.15, 0.2) is 30.3 Å². The Morgan fingerprint density at radius 2 is 1.88 bits per heavy atom. The molecule has 3 N–H and O–H groups in total. The van der Waals surface area contributed by atoms with Crippen LogP contribution in [0.3, 0.4) is 0 Å². The van der Waals surface area contributed by atoms with Crippen LogP contribution in [0.1, 0.15) is 30.7 Å². The molecule has 142 valence electrons. The van der Waals surface area contributed by atoms with E-state index in [1.54, 1.807) is 0 Å². The van der Waals surface area contributed by atoms with Gasteiger partial charge in [-0.15, -0.1) is 0 Å². The molecule has 1 aromatic carbocycles. The van der Waals surface area contributed by atoms with Crippen molar-refractivity contribution in [2.45, 2.75) is 39.5 Å². The Bertz CT molecular complexity index is 735. The quantitative estimate of drug-likeness (QED) is 0.693. The lowest BCUT2D eigenvalue weighted by Crippen LogP contribution is -2.30. The summed E-state index contributed by atoms with van der Waals surface area (Å²) in [6, 6.07) is 8.09. The van der Waals surface area contributed by atoms with Crippen molar-refractivity contribution in [2.24, 2.45) is 5.92 Å². The van der Waals surface area contributed by atoms with Crippen molar-refractivity contribution in [3.05, 3.63) is 47.2 Å². The highest BCUT2D eigenvalue weighted by atomic mass is 19.4. The molecule has 8 heteroatoms. The molecule has 1 heterocycles. The van der Waals surface area contributed by atoms with Crippen LogP contribution in [-0.4, -0.2) is 27.7 Å². The Hall–Kier alpha value is -2.35. The van der Waals surface area contributed by atoms with E-state index in [2.05, 4.69) is 20.6 Å². The molecule has 2 rings (SSSR count). The number of rotatable bonds is 7. The standard InChI is InChI=1S/C18H23F3N4O/c1-11(2)14(10-26)23-17-24-15(18(19,20)21)8-16(25-17)22-9-13-6-4-5-12(3)7-13/h4-8,11,14,26H,9-10H2,1-3H3,(H2,22,23,24,25)/t14-/m1/s1. The maximum atomic E-state index is 13.1. The van der Waals surface area contributed by atoms with Gasteiger partial charge in [0.25, 0.3) is 0 Å². The minimum atomic E-state index is -4.59. The first-order chi connectivity index (χ1) is 12.2. The lowest BCUT2D eigenvalue weighted by molar-refractivity contribution is -0.141. The monoisotopic (exact) mass is 368 g/mol. The van der Waals surface area contributed by atoms with Gasteiger partial charge in [0.05, 0.1) is 12.6 Å². The van der Waals surface area contributed by atoms with Crippen molar-refractivity contribution in [2.75, 3.05) is 17.2 Å². The second-order valence-corrected chi connectivity index (χ2v) is 6.48. The molecule has 0 aliphatic rings. The SMILES string of the molecule is Cc1cccc(CNc2cc(C(F)(F)F)nc(N[C@H](CO)C(C)C)n2)c1. The van der Waals surface area contributed by atoms with Crippen LogP contribution < -0.4 is 10.6 Å². The van der Waals surface area contributed by atoms with Crippen molar-refractivity contribution in [3.8, 4) is 0 Å².